The molecule has 2 atom stereocenters. The largest absolute Gasteiger partial charge is 0.467 e. The average molecular weight is 264 g/mol. The molecule has 5 heteroatoms. The van der Waals surface area contributed by atoms with Crippen LogP contribution in [-0.2, 0) is 9.53 Å². The number of carbonyl (C=O) groups excluding carboxylic acids is 1. The maximum Gasteiger partial charge on any atom is 0.333 e. The molecule has 0 amide bonds. The molecule has 96 valence electrons. The molecule has 0 spiro atoms. The first kappa shape index (κ1) is 13.0. The third-order valence-electron chi connectivity index (χ3n) is 2.64. The van der Waals surface area contributed by atoms with Crippen LogP contribution in [0.15, 0.2) is 35.3 Å². The molecule has 1 heterocycles. The predicted molar refractivity (Wildman–Crippen MR) is 73.7 cm³/mol. The molecule has 1 aromatic rings. The Kier molecular flexibility index (Phi) is 4.25. The van der Waals surface area contributed by atoms with Crippen molar-refractivity contribution >= 4 is 22.9 Å². The molecule has 18 heavy (non-hydrogen) atoms. The molecule has 1 N–H and O–H groups in total. The number of hydrogen-bond donors (Lipinski definition) is 1. The van der Waals surface area contributed by atoms with E-state index in [0.29, 0.717) is 5.25 Å². The van der Waals surface area contributed by atoms with Crippen LogP contribution in [0.4, 0.5) is 0 Å². The summed E-state index contributed by atoms with van der Waals surface area (Å²) in [4.78, 5) is 16.2. The van der Waals surface area contributed by atoms with Crippen molar-refractivity contribution in [2.75, 3.05) is 13.7 Å². The number of aliphatic imine (C=N–C) groups is 1. The summed E-state index contributed by atoms with van der Waals surface area (Å²) in [5, 5.41) is 4.42. The van der Waals surface area contributed by atoms with E-state index in [1.165, 1.54) is 7.11 Å². The summed E-state index contributed by atoms with van der Waals surface area (Å²) in [7, 11) is 1.40. The number of hydrogen-bond acceptors (Lipinski definition) is 5. The van der Waals surface area contributed by atoms with E-state index in [9.17, 15) is 4.79 Å². The molecule has 0 saturated heterocycles. The van der Waals surface area contributed by atoms with Crippen LogP contribution < -0.4 is 5.32 Å². The summed E-state index contributed by atoms with van der Waals surface area (Å²) in [6.45, 7) is 2.90. The lowest BCUT2D eigenvalue weighted by Crippen LogP contribution is -2.32. The minimum Gasteiger partial charge on any atom is -0.467 e. The van der Waals surface area contributed by atoms with Gasteiger partial charge in [-0.1, -0.05) is 49.0 Å². The molecule has 1 aliphatic heterocycles. The van der Waals surface area contributed by atoms with E-state index in [1.54, 1.807) is 11.8 Å². The molecule has 0 saturated carbocycles. The second-order valence-corrected chi connectivity index (χ2v) is 5.51. The summed E-state index contributed by atoms with van der Waals surface area (Å²) in [6, 6.07) is 9.03. The zero-order valence-electron chi connectivity index (χ0n) is 10.4. The maximum atomic E-state index is 11.8. The van der Waals surface area contributed by atoms with Gasteiger partial charge in [0, 0.05) is 5.25 Å². The number of ether oxygens (including phenoxy) is 1. The number of thioether (sulfide) groups is 1. The van der Waals surface area contributed by atoms with Gasteiger partial charge in [-0.3, -0.25) is 4.99 Å². The number of carbonyl (C=O) groups is 1. The smallest absolute Gasteiger partial charge is 0.333 e. The van der Waals surface area contributed by atoms with Crippen LogP contribution in [0.1, 0.15) is 18.5 Å². The minimum atomic E-state index is -0.493. The lowest BCUT2D eigenvalue weighted by molar-refractivity contribution is -0.142. The van der Waals surface area contributed by atoms with Gasteiger partial charge in [-0.05, 0) is 5.56 Å². The normalized spacial score (nSPS) is 20.1. The van der Waals surface area contributed by atoms with E-state index in [2.05, 4.69) is 17.2 Å². The highest BCUT2D eigenvalue weighted by Gasteiger charge is 2.25. The van der Waals surface area contributed by atoms with Crippen molar-refractivity contribution in [3.8, 4) is 0 Å². The molecule has 0 aliphatic carbocycles. The Labute approximate surface area is 111 Å². The van der Waals surface area contributed by atoms with Gasteiger partial charge >= 0.3 is 5.97 Å². The standard InChI is InChI=1S/C13H16N2O2S/c1-9-8-14-13(18-9)15-11(12(16)17-2)10-6-4-3-5-7-10/h3-7,9,11H,8H2,1-2H3,(H,14,15). The van der Waals surface area contributed by atoms with Gasteiger partial charge in [-0.2, -0.15) is 0 Å². The first-order valence-corrected chi connectivity index (χ1v) is 6.69. The van der Waals surface area contributed by atoms with E-state index in [1.807, 2.05) is 30.3 Å². The van der Waals surface area contributed by atoms with Gasteiger partial charge in [-0.15, -0.1) is 0 Å². The Morgan fingerprint density at radius 3 is 2.78 bits per heavy atom. The van der Waals surface area contributed by atoms with Gasteiger partial charge in [-0.25, -0.2) is 4.79 Å². The van der Waals surface area contributed by atoms with Gasteiger partial charge < -0.3 is 10.1 Å². The Morgan fingerprint density at radius 1 is 1.50 bits per heavy atom. The Bertz CT molecular complexity index is 448. The quantitative estimate of drug-likeness (QED) is 0.848. The molecule has 0 fully saturated rings. The van der Waals surface area contributed by atoms with Crippen LogP contribution in [0.3, 0.4) is 0 Å². The highest BCUT2D eigenvalue weighted by Crippen LogP contribution is 2.22. The summed E-state index contributed by atoms with van der Waals surface area (Å²) in [6.07, 6.45) is 0. The minimum absolute atomic E-state index is 0.302. The fourth-order valence-electron chi connectivity index (χ4n) is 1.72. The molecule has 1 aromatic carbocycles. The molecule has 4 nitrogen and oxygen atoms in total. The van der Waals surface area contributed by atoms with Crippen molar-refractivity contribution in [3.63, 3.8) is 0 Å². The van der Waals surface area contributed by atoms with Crippen LogP contribution in [0.5, 0.6) is 0 Å². The molecule has 2 rings (SSSR count). The number of esters is 1. The molecule has 2 unspecified atom stereocenters. The SMILES string of the molecule is COC(=O)C(NC1=NCC(C)S1)c1ccccc1. The zero-order valence-corrected chi connectivity index (χ0v) is 11.2. The number of methoxy groups -OCH3 is 1. The summed E-state index contributed by atoms with van der Waals surface area (Å²) in [5.74, 6) is -0.302. The average Bonchev–Trinajstić information content (AvgIpc) is 2.82. The van der Waals surface area contributed by atoms with Gasteiger partial charge in [0.15, 0.2) is 11.2 Å². The topological polar surface area (TPSA) is 50.7 Å². The number of nitrogens with zero attached hydrogens (tertiary/aromatic N) is 1. The van der Waals surface area contributed by atoms with Gasteiger partial charge in [0.25, 0.3) is 0 Å². The van der Waals surface area contributed by atoms with E-state index in [4.69, 9.17) is 4.74 Å². The van der Waals surface area contributed by atoms with Crippen molar-refractivity contribution in [2.24, 2.45) is 4.99 Å². The van der Waals surface area contributed by atoms with Crippen LogP contribution >= 0.6 is 11.8 Å². The van der Waals surface area contributed by atoms with Crippen LogP contribution in [-0.4, -0.2) is 30.0 Å². The summed E-state index contributed by atoms with van der Waals surface area (Å²) in [5.41, 5.74) is 0.882. The summed E-state index contributed by atoms with van der Waals surface area (Å²) >= 11 is 1.65. The first-order chi connectivity index (χ1) is 8.70. The van der Waals surface area contributed by atoms with E-state index in [-0.39, 0.29) is 5.97 Å². The van der Waals surface area contributed by atoms with Crippen molar-refractivity contribution in [2.45, 2.75) is 18.2 Å². The van der Waals surface area contributed by atoms with Gasteiger partial charge in [0.2, 0.25) is 0 Å². The highest BCUT2D eigenvalue weighted by molar-refractivity contribution is 8.14. The number of benzene rings is 1. The zero-order chi connectivity index (χ0) is 13.0. The predicted octanol–water partition coefficient (Wildman–Crippen LogP) is 1.98. The molecular formula is C13H16N2O2S. The monoisotopic (exact) mass is 264 g/mol. The molecule has 0 aromatic heterocycles. The van der Waals surface area contributed by atoms with Gasteiger partial charge in [0.1, 0.15) is 0 Å². The first-order valence-electron chi connectivity index (χ1n) is 5.81. The fraction of sp³-hybridized carbons (Fsp3) is 0.385. The lowest BCUT2D eigenvalue weighted by Gasteiger charge is -2.17. The fourth-order valence-corrected chi connectivity index (χ4v) is 2.59. The number of rotatable bonds is 3. The molecule has 0 radical (unpaired) electrons. The van der Waals surface area contributed by atoms with E-state index >= 15 is 0 Å². The van der Waals surface area contributed by atoms with E-state index < -0.39 is 6.04 Å². The molecule has 0 bridgehead atoms. The number of amidine groups is 1. The van der Waals surface area contributed by atoms with Crippen LogP contribution in [0, 0.1) is 0 Å². The second-order valence-electron chi connectivity index (χ2n) is 4.09. The van der Waals surface area contributed by atoms with Crippen molar-refractivity contribution < 1.29 is 9.53 Å². The van der Waals surface area contributed by atoms with E-state index in [0.717, 1.165) is 17.3 Å². The Balaban J connectivity index is 2.14. The lowest BCUT2D eigenvalue weighted by atomic mass is 10.1. The third kappa shape index (κ3) is 3.04. The summed E-state index contributed by atoms with van der Waals surface area (Å²) < 4.78 is 4.84. The van der Waals surface area contributed by atoms with Crippen molar-refractivity contribution in [1.29, 1.82) is 0 Å². The highest BCUT2D eigenvalue weighted by atomic mass is 32.2. The number of nitrogens with one attached hydrogen (secondary N) is 1. The van der Waals surface area contributed by atoms with Crippen molar-refractivity contribution in [3.05, 3.63) is 35.9 Å². The second kappa shape index (κ2) is 5.91. The van der Waals surface area contributed by atoms with Crippen LogP contribution in [0.25, 0.3) is 0 Å². The van der Waals surface area contributed by atoms with Crippen LogP contribution in [0.2, 0.25) is 0 Å². The van der Waals surface area contributed by atoms with Gasteiger partial charge in [0.05, 0.1) is 13.7 Å². The Morgan fingerprint density at radius 2 is 2.22 bits per heavy atom. The molecule has 1 aliphatic rings. The molecular weight excluding hydrogens is 248 g/mol. The Hall–Kier alpha value is -1.49. The maximum absolute atomic E-state index is 11.8. The third-order valence-corrected chi connectivity index (χ3v) is 3.66. The van der Waals surface area contributed by atoms with Crippen molar-refractivity contribution in [1.82, 2.24) is 5.32 Å².